The van der Waals surface area contributed by atoms with Gasteiger partial charge in [0.15, 0.2) is 5.82 Å². The summed E-state index contributed by atoms with van der Waals surface area (Å²) in [6.07, 6.45) is 1.52. The van der Waals surface area contributed by atoms with Crippen molar-refractivity contribution in [1.29, 1.82) is 0 Å². The van der Waals surface area contributed by atoms with E-state index >= 15 is 0 Å². The van der Waals surface area contributed by atoms with Gasteiger partial charge in [-0.25, -0.2) is 4.98 Å². The summed E-state index contributed by atoms with van der Waals surface area (Å²) in [5, 5.41) is 0.748. The number of aromatic nitrogens is 2. The standard InChI is InChI=1S/C9H13Cl2N3/c1-6(2)5-14(3)8-7(10)4-12-9(11)13-8/h4,6H,5H2,1-3H3. The van der Waals surface area contributed by atoms with Gasteiger partial charge in [-0.2, -0.15) is 4.98 Å². The van der Waals surface area contributed by atoms with Gasteiger partial charge >= 0.3 is 0 Å². The maximum atomic E-state index is 5.95. The van der Waals surface area contributed by atoms with Crippen LogP contribution in [0.3, 0.4) is 0 Å². The fourth-order valence-corrected chi connectivity index (χ4v) is 1.60. The minimum absolute atomic E-state index is 0.222. The van der Waals surface area contributed by atoms with Crippen LogP contribution in [-0.2, 0) is 0 Å². The summed E-state index contributed by atoms with van der Waals surface area (Å²) in [6, 6.07) is 0. The number of hydrogen-bond acceptors (Lipinski definition) is 3. The van der Waals surface area contributed by atoms with E-state index in [0.717, 1.165) is 6.54 Å². The summed E-state index contributed by atoms with van der Waals surface area (Å²) >= 11 is 11.6. The number of anilines is 1. The van der Waals surface area contributed by atoms with Crippen LogP contribution in [-0.4, -0.2) is 23.6 Å². The molecule has 0 saturated heterocycles. The van der Waals surface area contributed by atoms with E-state index in [1.807, 2.05) is 11.9 Å². The van der Waals surface area contributed by atoms with E-state index < -0.39 is 0 Å². The van der Waals surface area contributed by atoms with Crippen molar-refractivity contribution in [1.82, 2.24) is 9.97 Å². The smallest absolute Gasteiger partial charge is 0.224 e. The van der Waals surface area contributed by atoms with Gasteiger partial charge in [-0.05, 0) is 17.5 Å². The molecule has 0 bridgehead atoms. The Hall–Kier alpha value is -0.540. The van der Waals surface area contributed by atoms with E-state index in [9.17, 15) is 0 Å². The lowest BCUT2D eigenvalue weighted by Crippen LogP contribution is -2.23. The molecule has 1 rings (SSSR count). The van der Waals surface area contributed by atoms with Gasteiger partial charge in [-0.1, -0.05) is 25.4 Å². The molecule has 0 aliphatic rings. The molecule has 0 aromatic carbocycles. The number of hydrogen-bond donors (Lipinski definition) is 0. The molecule has 0 fully saturated rings. The zero-order valence-corrected chi connectivity index (χ0v) is 9.97. The lowest BCUT2D eigenvalue weighted by molar-refractivity contribution is 0.634. The molecule has 0 aliphatic heterocycles. The van der Waals surface area contributed by atoms with Crippen LogP contribution in [0.25, 0.3) is 0 Å². The van der Waals surface area contributed by atoms with Crippen LogP contribution in [0.2, 0.25) is 10.3 Å². The molecule has 1 heterocycles. The fourth-order valence-electron chi connectivity index (χ4n) is 1.24. The molecule has 3 nitrogen and oxygen atoms in total. The number of halogens is 2. The Labute approximate surface area is 94.1 Å². The van der Waals surface area contributed by atoms with E-state index in [0.29, 0.717) is 16.8 Å². The molecule has 1 aromatic rings. The maximum Gasteiger partial charge on any atom is 0.224 e. The minimum atomic E-state index is 0.222. The molecular formula is C9H13Cl2N3. The molecule has 0 N–H and O–H groups in total. The Kier molecular flexibility index (Phi) is 3.96. The lowest BCUT2D eigenvalue weighted by Gasteiger charge is -2.20. The topological polar surface area (TPSA) is 29.0 Å². The van der Waals surface area contributed by atoms with E-state index in [-0.39, 0.29) is 5.28 Å². The van der Waals surface area contributed by atoms with Crippen molar-refractivity contribution in [3.05, 3.63) is 16.5 Å². The first-order valence-corrected chi connectivity index (χ1v) is 5.15. The molecule has 1 aromatic heterocycles. The van der Waals surface area contributed by atoms with Crippen LogP contribution >= 0.6 is 23.2 Å². The van der Waals surface area contributed by atoms with Crippen LogP contribution in [0.15, 0.2) is 6.20 Å². The van der Waals surface area contributed by atoms with Gasteiger partial charge in [0.1, 0.15) is 5.02 Å². The molecule has 0 aliphatic carbocycles. The number of nitrogens with zero attached hydrogens (tertiary/aromatic N) is 3. The monoisotopic (exact) mass is 233 g/mol. The van der Waals surface area contributed by atoms with Crippen molar-refractivity contribution in [3.8, 4) is 0 Å². The predicted octanol–water partition coefficient (Wildman–Crippen LogP) is 2.88. The average molecular weight is 234 g/mol. The van der Waals surface area contributed by atoms with Gasteiger partial charge in [0.05, 0.1) is 6.20 Å². The quantitative estimate of drug-likeness (QED) is 0.753. The second-order valence-corrected chi connectivity index (χ2v) is 4.33. The van der Waals surface area contributed by atoms with E-state index in [1.54, 1.807) is 0 Å². The molecule has 0 amide bonds. The van der Waals surface area contributed by atoms with Crippen molar-refractivity contribution >= 4 is 29.0 Å². The first kappa shape index (κ1) is 11.5. The Morgan fingerprint density at radius 3 is 2.64 bits per heavy atom. The zero-order valence-electron chi connectivity index (χ0n) is 8.46. The Morgan fingerprint density at radius 1 is 1.43 bits per heavy atom. The highest BCUT2D eigenvalue weighted by Crippen LogP contribution is 2.23. The minimum Gasteiger partial charge on any atom is -0.358 e. The van der Waals surface area contributed by atoms with E-state index in [1.165, 1.54) is 6.20 Å². The third kappa shape index (κ3) is 3.00. The van der Waals surface area contributed by atoms with E-state index in [4.69, 9.17) is 23.2 Å². The van der Waals surface area contributed by atoms with Crippen LogP contribution < -0.4 is 4.90 Å². The van der Waals surface area contributed by atoms with Crippen LogP contribution in [0.1, 0.15) is 13.8 Å². The van der Waals surface area contributed by atoms with Gasteiger partial charge in [-0.3, -0.25) is 0 Å². The molecule has 78 valence electrons. The first-order chi connectivity index (χ1) is 6.50. The summed E-state index contributed by atoms with van der Waals surface area (Å²) in [5.74, 6) is 1.23. The molecule has 0 unspecified atom stereocenters. The second kappa shape index (κ2) is 4.80. The summed E-state index contributed by atoms with van der Waals surface area (Å²) in [5.41, 5.74) is 0. The molecule has 14 heavy (non-hydrogen) atoms. The highest BCUT2D eigenvalue weighted by Gasteiger charge is 2.10. The first-order valence-electron chi connectivity index (χ1n) is 4.40. The molecule has 0 radical (unpaired) electrons. The van der Waals surface area contributed by atoms with E-state index in [2.05, 4.69) is 23.8 Å². The van der Waals surface area contributed by atoms with Crippen LogP contribution in [0.5, 0.6) is 0 Å². The normalized spacial score (nSPS) is 10.7. The third-order valence-corrected chi connectivity index (χ3v) is 2.15. The zero-order chi connectivity index (χ0) is 10.7. The molecule has 0 spiro atoms. The Balaban J connectivity index is 2.88. The van der Waals surface area contributed by atoms with Crippen molar-refractivity contribution in [2.45, 2.75) is 13.8 Å². The Morgan fingerprint density at radius 2 is 2.07 bits per heavy atom. The van der Waals surface area contributed by atoms with Gasteiger partial charge in [-0.15, -0.1) is 0 Å². The summed E-state index contributed by atoms with van der Waals surface area (Å²) in [4.78, 5) is 9.84. The van der Waals surface area contributed by atoms with Gasteiger partial charge < -0.3 is 4.90 Å². The van der Waals surface area contributed by atoms with Crippen molar-refractivity contribution in [2.24, 2.45) is 5.92 Å². The number of rotatable bonds is 3. The molecule has 5 heteroatoms. The fraction of sp³-hybridized carbons (Fsp3) is 0.556. The lowest BCUT2D eigenvalue weighted by atomic mass is 10.2. The van der Waals surface area contributed by atoms with Crippen LogP contribution in [0, 0.1) is 5.92 Å². The Bertz CT molecular complexity index is 315. The van der Waals surface area contributed by atoms with Gasteiger partial charge in [0.25, 0.3) is 0 Å². The van der Waals surface area contributed by atoms with Gasteiger partial charge in [0.2, 0.25) is 5.28 Å². The van der Waals surface area contributed by atoms with Crippen molar-refractivity contribution in [3.63, 3.8) is 0 Å². The van der Waals surface area contributed by atoms with Crippen molar-refractivity contribution in [2.75, 3.05) is 18.5 Å². The second-order valence-electron chi connectivity index (χ2n) is 3.58. The highest BCUT2D eigenvalue weighted by atomic mass is 35.5. The third-order valence-electron chi connectivity index (χ3n) is 1.70. The predicted molar refractivity (Wildman–Crippen MR) is 60.2 cm³/mol. The summed E-state index contributed by atoms with van der Waals surface area (Å²) < 4.78 is 0. The van der Waals surface area contributed by atoms with Gasteiger partial charge in [0, 0.05) is 13.6 Å². The van der Waals surface area contributed by atoms with Crippen LogP contribution in [0.4, 0.5) is 5.82 Å². The molecule has 0 saturated carbocycles. The summed E-state index contributed by atoms with van der Waals surface area (Å²) in [6.45, 7) is 5.15. The molecule has 0 atom stereocenters. The highest BCUT2D eigenvalue weighted by molar-refractivity contribution is 6.33. The van der Waals surface area contributed by atoms with Crippen molar-refractivity contribution < 1.29 is 0 Å². The average Bonchev–Trinajstić information content (AvgIpc) is 2.08. The maximum absolute atomic E-state index is 5.95. The molecular weight excluding hydrogens is 221 g/mol. The summed E-state index contributed by atoms with van der Waals surface area (Å²) in [7, 11) is 1.94. The SMILES string of the molecule is CC(C)CN(C)c1nc(Cl)ncc1Cl. The largest absolute Gasteiger partial charge is 0.358 e.